The molecule has 0 spiro atoms. The molecule has 0 amide bonds. The fourth-order valence-electron chi connectivity index (χ4n) is 2.21. The molecule has 2 heterocycles. The Kier molecular flexibility index (Phi) is 2.27. The number of imidazole rings is 2. The first-order valence-electron chi connectivity index (χ1n) is 5.86. The number of H-pyrrole nitrogens is 1. The quantitative estimate of drug-likeness (QED) is 0.856. The number of aromatic nitrogens is 4. The van der Waals surface area contributed by atoms with Gasteiger partial charge >= 0.3 is 0 Å². The highest BCUT2D eigenvalue weighted by molar-refractivity contribution is 5.52. The van der Waals surface area contributed by atoms with Crippen molar-refractivity contribution in [3.63, 3.8) is 0 Å². The van der Waals surface area contributed by atoms with Crippen molar-refractivity contribution >= 4 is 0 Å². The maximum atomic E-state index is 4.41. The summed E-state index contributed by atoms with van der Waals surface area (Å²) < 4.78 is 2.23. The highest BCUT2D eigenvalue weighted by atomic mass is 15.1. The van der Waals surface area contributed by atoms with Gasteiger partial charge in [0.05, 0.1) is 6.33 Å². The van der Waals surface area contributed by atoms with Gasteiger partial charge in [0, 0.05) is 24.6 Å². The van der Waals surface area contributed by atoms with Crippen LogP contribution in [0.3, 0.4) is 0 Å². The van der Waals surface area contributed by atoms with Crippen LogP contribution in [0.5, 0.6) is 0 Å². The number of nitrogens with zero attached hydrogens (tertiary/aromatic N) is 3. The Morgan fingerprint density at radius 1 is 1.44 bits per heavy atom. The minimum atomic E-state index is 0.840. The van der Waals surface area contributed by atoms with Crippen molar-refractivity contribution in [3.05, 3.63) is 24.4 Å². The summed E-state index contributed by atoms with van der Waals surface area (Å²) in [6, 6.07) is 0. The number of aryl methyl sites for hydroxylation is 1. The number of hydrogen-bond donors (Lipinski definition) is 1. The van der Waals surface area contributed by atoms with E-state index in [4.69, 9.17) is 0 Å². The average Bonchev–Trinajstić information content (AvgIpc) is 2.79. The van der Waals surface area contributed by atoms with E-state index < -0.39 is 0 Å². The van der Waals surface area contributed by atoms with E-state index in [9.17, 15) is 0 Å². The summed E-state index contributed by atoms with van der Waals surface area (Å²) in [5.41, 5.74) is 2.06. The second-order valence-electron chi connectivity index (χ2n) is 4.58. The summed E-state index contributed by atoms with van der Waals surface area (Å²) in [6.45, 7) is 3.12. The Hall–Kier alpha value is -1.58. The van der Waals surface area contributed by atoms with Crippen LogP contribution in [-0.4, -0.2) is 19.5 Å². The zero-order valence-electron chi connectivity index (χ0n) is 9.48. The smallest absolute Gasteiger partial charge is 0.160 e. The van der Waals surface area contributed by atoms with Crippen molar-refractivity contribution in [1.82, 2.24) is 19.5 Å². The van der Waals surface area contributed by atoms with Crippen LogP contribution in [-0.2, 0) is 6.54 Å². The summed E-state index contributed by atoms with van der Waals surface area (Å²) in [5, 5.41) is 0. The van der Waals surface area contributed by atoms with E-state index in [-0.39, 0.29) is 0 Å². The molecule has 0 radical (unpaired) electrons. The second kappa shape index (κ2) is 3.77. The van der Waals surface area contributed by atoms with Crippen LogP contribution in [0, 0.1) is 12.8 Å². The monoisotopic (exact) mass is 216 g/mol. The van der Waals surface area contributed by atoms with Crippen molar-refractivity contribution in [2.24, 2.45) is 5.92 Å². The lowest BCUT2D eigenvalue weighted by molar-refractivity contribution is 0.277. The fraction of sp³-hybridized carbons (Fsp3) is 0.500. The molecular weight excluding hydrogens is 200 g/mol. The van der Waals surface area contributed by atoms with Crippen molar-refractivity contribution in [2.45, 2.75) is 32.7 Å². The van der Waals surface area contributed by atoms with Gasteiger partial charge in [-0.3, -0.25) is 0 Å². The zero-order valence-corrected chi connectivity index (χ0v) is 9.48. The Labute approximate surface area is 94.7 Å². The molecule has 4 nitrogen and oxygen atoms in total. The lowest BCUT2D eigenvalue weighted by Crippen LogP contribution is -2.18. The summed E-state index contributed by atoms with van der Waals surface area (Å²) in [4.78, 5) is 11.8. The number of nitrogens with one attached hydrogen (secondary N) is 1. The highest BCUT2D eigenvalue weighted by Gasteiger charge is 2.20. The van der Waals surface area contributed by atoms with Gasteiger partial charge in [0.25, 0.3) is 0 Å². The van der Waals surface area contributed by atoms with Crippen LogP contribution >= 0.6 is 0 Å². The van der Waals surface area contributed by atoms with Crippen LogP contribution in [0.25, 0.3) is 11.5 Å². The largest absolute Gasteiger partial charge is 0.348 e. The second-order valence-corrected chi connectivity index (χ2v) is 4.58. The number of aromatic amines is 1. The molecule has 0 atom stereocenters. The molecule has 1 aliphatic carbocycles. The molecule has 0 saturated heterocycles. The molecule has 0 bridgehead atoms. The maximum Gasteiger partial charge on any atom is 0.160 e. The molecule has 1 fully saturated rings. The lowest BCUT2D eigenvalue weighted by atomic mass is 9.85. The van der Waals surface area contributed by atoms with E-state index in [1.54, 1.807) is 6.33 Å². The Bertz CT molecular complexity index is 479. The summed E-state index contributed by atoms with van der Waals surface area (Å²) >= 11 is 0. The number of rotatable bonds is 3. The fourth-order valence-corrected chi connectivity index (χ4v) is 2.21. The first kappa shape index (κ1) is 9.63. The normalized spacial score (nSPS) is 16.3. The van der Waals surface area contributed by atoms with Gasteiger partial charge in [0.2, 0.25) is 0 Å². The predicted octanol–water partition coefficient (Wildman–Crippen LogP) is 2.38. The molecule has 0 aromatic carbocycles. The zero-order chi connectivity index (χ0) is 11.0. The van der Waals surface area contributed by atoms with Crippen LogP contribution in [0.15, 0.2) is 18.7 Å². The molecular formula is C12H16N4. The maximum absolute atomic E-state index is 4.41. The molecule has 2 aromatic rings. The van der Waals surface area contributed by atoms with E-state index in [1.807, 2.05) is 13.1 Å². The Balaban J connectivity index is 1.89. The Morgan fingerprint density at radius 2 is 2.31 bits per heavy atom. The van der Waals surface area contributed by atoms with Crippen molar-refractivity contribution in [3.8, 4) is 11.5 Å². The van der Waals surface area contributed by atoms with E-state index in [1.165, 1.54) is 19.3 Å². The lowest BCUT2D eigenvalue weighted by Gasteiger charge is -2.26. The molecule has 84 valence electrons. The highest BCUT2D eigenvalue weighted by Crippen LogP contribution is 2.29. The van der Waals surface area contributed by atoms with Crippen molar-refractivity contribution < 1.29 is 0 Å². The van der Waals surface area contributed by atoms with Gasteiger partial charge in [0.1, 0.15) is 5.69 Å². The average molecular weight is 216 g/mol. The standard InChI is InChI=1S/C12H16N4/c1-9-11(15-8-14-9)12-13-5-6-16(12)7-10-3-2-4-10/h5-6,8,10H,2-4,7H2,1H3,(H,14,15). The third-order valence-electron chi connectivity index (χ3n) is 3.44. The molecule has 2 aromatic heterocycles. The van der Waals surface area contributed by atoms with Crippen LogP contribution < -0.4 is 0 Å². The van der Waals surface area contributed by atoms with Gasteiger partial charge in [-0.2, -0.15) is 0 Å². The van der Waals surface area contributed by atoms with Gasteiger partial charge in [-0.25, -0.2) is 9.97 Å². The SMILES string of the molecule is Cc1[nH]cnc1-c1nccn1CC1CCC1. The van der Waals surface area contributed by atoms with E-state index in [0.29, 0.717) is 0 Å². The van der Waals surface area contributed by atoms with Gasteiger partial charge in [-0.05, 0) is 25.7 Å². The summed E-state index contributed by atoms with van der Waals surface area (Å²) in [5.74, 6) is 1.83. The summed E-state index contributed by atoms with van der Waals surface area (Å²) in [6.07, 6.45) is 9.75. The first-order chi connectivity index (χ1) is 7.84. The molecule has 1 N–H and O–H groups in total. The Morgan fingerprint density at radius 3 is 2.94 bits per heavy atom. The first-order valence-corrected chi connectivity index (χ1v) is 5.86. The van der Waals surface area contributed by atoms with Crippen LogP contribution in [0.4, 0.5) is 0 Å². The van der Waals surface area contributed by atoms with Gasteiger partial charge in [-0.1, -0.05) is 6.42 Å². The van der Waals surface area contributed by atoms with Crippen LogP contribution in [0.1, 0.15) is 25.0 Å². The van der Waals surface area contributed by atoms with Crippen molar-refractivity contribution in [1.29, 1.82) is 0 Å². The predicted molar refractivity (Wildman–Crippen MR) is 61.9 cm³/mol. The molecule has 1 aliphatic rings. The molecule has 1 saturated carbocycles. The number of hydrogen-bond acceptors (Lipinski definition) is 2. The van der Waals surface area contributed by atoms with Gasteiger partial charge in [0.15, 0.2) is 5.82 Å². The third kappa shape index (κ3) is 1.54. The molecule has 16 heavy (non-hydrogen) atoms. The van der Waals surface area contributed by atoms with E-state index in [0.717, 1.165) is 29.7 Å². The molecule has 0 aliphatic heterocycles. The summed E-state index contributed by atoms with van der Waals surface area (Å²) in [7, 11) is 0. The minimum absolute atomic E-state index is 0.840. The van der Waals surface area contributed by atoms with Crippen LogP contribution in [0.2, 0.25) is 0 Å². The topological polar surface area (TPSA) is 46.5 Å². The van der Waals surface area contributed by atoms with Gasteiger partial charge in [-0.15, -0.1) is 0 Å². The molecule has 4 heteroatoms. The van der Waals surface area contributed by atoms with E-state index >= 15 is 0 Å². The molecule has 0 unspecified atom stereocenters. The van der Waals surface area contributed by atoms with Crippen molar-refractivity contribution in [2.75, 3.05) is 0 Å². The van der Waals surface area contributed by atoms with Gasteiger partial charge < -0.3 is 9.55 Å². The van der Waals surface area contributed by atoms with E-state index in [2.05, 4.69) is 25.7 Å². The third-order valence-corrected chi connectivity index (χ3v) is 3.44. The molecule has 3 rings (SSSR count). The minimum Gasteiger partial charge on any atom is -0.348 e.